The Labute approximate surface area is 225 Å². The van der Waals surface area contributed by atoms with E-state index in [9.17, 15) is 15.0 Å². The van der Waals surface area contributed by atoms with E-state index in [-0.39, 0.29) is 24.2 Å². The van der Waals surface area contributed by atoms with Gasteiger partial charge in [-0.15, -0.1) is 0 Å². The van der Waals surface area contributed by atoms with Gasteiger partial charge >= 0.3 is 0 Å². The summed E-state index contributed by atoms with van der Waals surface area (Å²) in [6, 6.07) is 14.4. The summed E-state index contributed by atoms with van der Waals surface area (Å²) in [5.41, 5.74) is 1.37. The summed E-state index contributed by atoms with van der Waals surface area (Å²) < 4.78 is 5.46. The number of nitrogens with zero attached hydrogens (tertiary/aromatic N) is 5. The van der Waals surface area contributed by atoms with Crippen molar-refractivity contribution < 1.29 is 19.5 Å². The average molecular weight is 530 g/mol. The third kappa shape index (κ3) is 4.93. The van der Waals surface area contributed by atoms with Crippen LogP contribution in [0.2, 0.25) is 0 Å². The zero-order valence-electron chi connectivity index (χ0n) is 22.4. The summed E-state index contributed by atoms with van der Waals surface area (Å²) in [4.78, 5) is 27.9. The number of hydrogen-bond acceptors (Lipinski definition) is 10. The SMILES string of the molecule is CN1C(=O)c2ccc(Nc3cc(N[C@H](CO)c4ccccc4)c(-c4nc(C(C)(C)O)no4)cn3)nc2C1(C)C. The number of pyridine rings is 2. The van der Waals surface area contributed by atoms with Crippen LogP contribution < -0.4 is 10.6 Å². The van der Waals surface area contributed by atoms with Gasteiger partial charge in [-0.3, -0.25) is 4.79 Å². The molecule has 1 atom stereocenters. The van der Waals surface area contributed by atoms with Crippen molar-refractivity contribution >= 4 is 23.2 Å². The number of aliphatic hydroxyl groups excluding tert-OH is 1. The molecule has 4 heterocycles. The van der Waals surface area contributed by atoms with E-state index in [0.29, 0.717) is 34.1 Å². The van der Waals surface area contributed by atoms with Crippen molar-refractivity contribution in [2.24, 2.45) is 0 Å². The van der Waals surface area contributed by atoms with E-state index in [1.54, 1.807) is 50.2 Å². The second kappa shape index (κ2) is 9.75. The molecule has 0 fully saturated rings. The van der Waals surface area contributed by atoms with E-state index < -0.39 is 17.2 Å². The van der Waals surface area contributed by atoms with Crippen molar-refractivity contribution in [3.8, 4) is 11.5 Å². The number of rotatable bonds is 8. The summed E-state index contributed by atoms with van der Waals surface area (Å²) in [5.74, 6) is 1.23. The van der Waals surface area contributed by atoms with Crippen molar-refractivity contribution in [2.75, 3.05) is 24.3 Å². The standard InChI is InChI=1S/C28H31N7O4/c1-27(2)23-17(25(37)35(27)5)11-12-21(32-23)31-22-13-19(30-20(15-36)16-9-7-6-8-10-16)18(14-29-22)24-33-26(34-39-24)28(3,4)38/h6-14,20,36,38H,15H2,1-5H3,(H2,29,30,31,32)/t20-/m1/s1. The van der Waals surface area contributed by atoms with E-state index in [1.165, 1.54) is 0 Å². The predicted octanol–water partition coefficient (Wildman–Crippen LogP) is 3.96. The lowest BCUT2D eigenvalue weighted by Gasteiger charge is -2.27. The van der Waals surface area contributed by atoms with Gasteiger partial charge in [0.25, 0.3) is 11.8 Å². The lowest BCUT2D eigenvalue weighted by Crippen LogP contribution is -2.35. The van der Waals surface area contributed by atoms with Crippen molar-refractivity contribution in [1.82, 2.24) is 25.0 Å². The molecule has 0 bridgehead atoms. The average Bonchev–Trinajstić information content (AvgIpc) is 3.47. The molecule has 11 heteroatoms. The molecule has 4 aromatic rings. The second-order valence-electron chi connectivity index (χ2n) is 10.5. The van der Waals surface area contributed by atoms with Crippen LogP contribution in [0, 0.1) is 0 Å². The molecule has 0 spiro atoms. The number of benzene rings is 1. The van der Waals surface area contributed by atoms with Gasteiger partial charge in [-0.25, -0.2) is 9.97 Å². The van der Waals surface area contributed by atoms with Crippen LogP contribution in [-0.4, -0.2) is 54.8 Å². The summed E-state index contributed by atoms with van der Waals surface area (Å²) in [5, 5.41) is 31.0. The molecule has 0 unspecified atom stereocenters. The number of carbonyl (C=O) groups excluding carboxylic acids is 1. The monoisotopic (exact) mass is 529 g/mol. The normalized spacial score (nSPS) is 15.3. The zero-order valence-corrected chi connectivity index (χ0v) is 22.4. The van der Waals surface area contributed by atoms with Crippen LogP contribution >= 0.6 is 0 Å². The van der Waals surface area contributed by atoms with Crippen molar-refractivity contribution in [3.63, 3.8) is 0 Å². The lowest BCUT2D eigenvalue weighted by atomic mass is 10.00. The summed E-state index contributed by atoms with van der Waals surface area (Å²) in [6.45, 7) is 6.87. The first-order chi connectivity index (χ1) is 18.5. The van der Waals surface area contributed by atoms with Gasteiger partial charge in [0.2, 0.25) is 5.82 Å². The molecule has 202 valence electrons. The molecule has 0 saturated heterocycles. The molecule has 1 aliphatic heterocycles. The smallest absolute Gasteiger partial charge is 0.261 e. The van der Waals surface area contributed by atoms with Crippen molar-refractivity contribution in [1.29, 1.82) is 0 Å². The van der Waals surface area contributed by atoms with E-state index in [4.69, 9.17) is 9.51 Å². The number of carbonyl (C=O) groups is 1. The van der Waals surface area contributed by atoms with Crippen LogP contribution in [0.1, 0.15) is 61.2 Å². The Hall–Kier alpha value is -4.35. The minimum Gasteiger partial charge on any atom is -0.394 e. The van der Waals surface area contributed by atoms with Gasteiger partial charge < -0.3 is 30.3 Å². The Morgan fingerprint density at radius 1 is 1.08 bits per heavy atom. The number of aliphatic hydroxyl groups is 2. The Morgan fingerprint density at radius 2 is 1.82 bits per heavy atom. The Kier molecular flexibility index (Phi) is 6.57. The summed E-state index contributed by atoms with van der Waals surface area (Å²) >= 11 is 0. The number of aromatic nitrogens is 4. The highest BCUT2D eigenvalue weighted by Gasteiger charge is 2.42. The van der Waals surface area contributed by atoms with Crippen LogP contribution in [0.25, 0.3) is 11.5 Å². The molecule has 11 nitrogen and oxygen atoms in total. The molecular weight excluding hydrogens is 498 g/mol. The number of anilines is 3. The first-order valence-corrected chi connectivity index (χ1v) is 12.5. The molecule has 1 aliphatic rings. The van der Waals surface area contributed by atoms with Gasteiger partial charge in [-0.1, -0.05) is 35.5 Å². The van der Waals surface area contributed by atoms with Crippen LogP contribution in [0.5, 0.6) is 0 Å². The third-order valence-electron chi connectivity index (χ3n) is 6.93. The molecule has 0 aliphatic carbocycles. The molecular formula is C28H31N7O4. The Bertz CT molecular complexity index is 1510. The molecule has 0 saturated carbocycles. The molecule has 3 aromatic heterocycles. The van der Waals surface area contributed by atoms with Crippen LogP contribution in [0.3, 0.4) is 0 Å². The molecule has 0 radical (unpaired) electrons. The lowest BCUT2D eigenvalue weighted by molar-refractivity contribution is 0.0659. The fourth-order valence-corrected chi connectivity index (χ4v) is 4.39. The fourth-order valence-electron chi connectivity index (χ4n) is 4.39. The van der Waals surface area contributed by atoms with Gasteiger partial charge in [0.1, 0.15) is 17.2 Å². The maximum absolute atomic E-state index is 12.6. The van der Waals surface area contributed by atoms with Gasteiger partial charge in [-0.2, -0.15) is 4.98 Å². The number of hydrogen-bond donors (Lipinski definition) is 4. The van der Waals surface area contributed by atoms with E-state index in [0.717, 1.165) is 5.56 Å². The van der Waals surface area contributed by atoms with Crippen molar-refractivity contribution in [3.05, 3.63) is 77.4 Å². The molecule has 5 rings (SSSR count). The highest BCUT2D eigenvalue weighted by Crippen LogP contribution is 2.37. The fraction of sp³-hybridized carbons (Fsp3) is 0.321. The Morgan fingerprint density at radius 3 is 2.49 bits per heavy atom. The number of amides is 1. The van der Waals surface area contributed by atoms with Crippen molar-refractivity contribution in [2.45, 2.75) is 44.9 Å². The van der Waals surface area contributed by atoms with Gasteiger partial charge in [0.05, 0.1) is 40.7 Å². The second-order valence-corrected chi connectivity index (χ2v) is 10.5. The summed E-state index contributed by atoms with van der Waals surface area (Å²) in [6.07, 6.45) is 1.57. The van der Waals surface area contributed by atoms with Crippen LogP contribution in [-0.2, 0) is 11.1 Å². The van der Waals surface area contributed by atoms with Crippen LogP contribution in [0.4, 0.5) is 17.3 Å². The topological polar surface area (TPSA) is 150 Å². The predicted molar refractivity (Wildman–Crippen MR) is 145 cm³/mol. The number of fused-ring (bicyclic) bond motifs is 1. The van der Waals surface area contributed by atoms with E-state index in [2.05, 4.69) is 25.8 Å². The largest absolute Gasteiger partial charge is 0.394 e. The number of nitrogens with one attached hydrogen (secondary N) is 2. The van der Waals surface area contributed by atoms with Gasteiger partial charge in [0.15, 0.2) is 0 Å². The molecule has 1 aromatic carbocycles. The first kappa shape index (κ1) is 26.3. The van der Waals surface area contributed by atoms with E-state index >= 15 is 0 Å². The first-order valence-electron chi connectivity index (χ1n) is 12.5. The molecule has 1 amide bonds. The Balaban J connectivity index is 1.52. The molecule has 4 N–H and O–H groups in total. The van der Waals surface area contributed by atoms with Gasteiger partial charge in [0, 0.05) is 19.3 Å². The van der Waals surface area contributed by atoms with Crippen LogP contribution in [0.15, 0.2) is 59.3 Å². The highest BCUT2D eigenvalue weighted by molar-refractivity contribution is 5.99. The highest BCUT2D eigenvalue weighted by atomic mass is 16.5. The maximum Gasteiger partial charge on any atom is 0.261 e. The minimum absolute atomic E-state index is 0.0658. The minimum atomic E-state index is -1.29. The van der Waals surface area contributed by atoms with E-state index in [1.807, 2.05) is 44.2 Å². The summed E-state index contributed by atoms with van der Waals surface area (Å²) in [7, 11) is 1.76. The third-order valence-corrected chi connectivity index (χ3v) is 6.93. The quantitative estimate of drug-likeness (QED) is 0.264. The van der Waals surface area contributed by atoms with Gasteiger partial charge in [-0.05, 0) is 45.4 Å². The zero-order chi connectivity index (χ0) is 27.9. The molecule has 39 heavy (non-hydrogen) atoms. The maximum atomic E-state index is 12.6.